The second-order valence-corrected chi connectivity index (χ2v) is 3.64. The summed E-state index contributed by atoms with van der Waals surface area (Å²) in [6, 6.07) is 5.66. The maximum Gasteiger partial charge on any atom is 0.308 e. The van der Waals surface area contributed by atoms with Gasteiger partial charge in [-0.05, 0) is 30.5 Å². The Morgan fingerprint density at radius 1 is 1.40 bits per heavy atom. The molecular weight excluding hydrogens is 192 g/mol. The Kier molecular flexibility index (Phi) is 3.86. The topological polar surface area (TPSA) is 46.5 Å². The predicted molar refractivity (Wildman–Crippen MR) is 57.5 cm³/mol. The van der Waals surface area contributed by atoms with Gasteiger partial charge in [-0.1, -0.05) is 18.2 Å². The fraction of sp³-hybridized carbons (Fsp3) is 0.417. The molecule has 1 unspecified atom stereocenters. The van der Waals surface area contributed by atoms with E-state index in [1.54, 1.807) is 0 Å². The molecule has 1 rings (SSSR count). The molecule has 1 aromatic rings. The molecule has 0 aliphatic heterocycles. The van der Waals surface area contributed by atoms with Gasteiger partial charge in [-0.2, -0.15) is 0 Å². The number of aliphatic hydroxyl groups excluding tert-OH is 1. The van der Waals surface area contributed by atoms with Crippen LogP contribution in [0.25, 0.3) is 0 Å². The maximum absolute atomic E-state index is 11.0. The SMILES string of the molecule is COC(=O)CC(O)c1ccc(C)c(C)c1. The summed E-state index contributed by atoms with van der Waals surface area (Å²) in [6.45, 7) is 3.98. The van der Waals surface area contributed by atoms with Crippen molar-refractivity contribution in [3.05, 3.63) is 34.9 Å². The van der Waals surface area contributed by atoms with Crippen LogP contribution in [0.3, 0.4) is 0 Å². The Morgan fingerprint density at radius 2 is 2.07 bits per heavy atom. The quantitative estimate of drug-likeness (QED) is 0.772. The summed E-state index contributed by atoms with van der Waals surface area (Å²) < 4.78 is 4.50. The van der Waals surface area contributed by atoms with Crippen LogP contribution in [0.2, 0.25) is 0 Å². The number of aliphatic hydroxyl groups is 1. The molecule has 0 saturated carbocycles. The van der Waals surface area contributed by atoms with Gasteiger partial charge in [0.15, 0.2) is 0 Å². The molecule has 0 heterocycles. The van der Waals surface area contributed by atoms with Crippen molar-refractivity contribution in [1.29, 1.82) is 0 Å². The van der Waals surface area contributed by atoms with Gasteiger partial charge in [0.25, 0.3) is 0 Å². The van der Waals surface area contributed by atoms with Crippen LogP contribution >= 0.6 is 0 Å². The van der Waals surface area contributed by atoms with E-state index in [1.165, 1.54) is 12.7 Å². The summed E-state index contributed by atoms with van der Waals surface area (Å²) in [4.78, 5) is 11.0. The van der Waals surface area contributed by atoms with Crippen molar-refractivity contribution in [2.75, 3.05) is 7.11 Å². The Morgan fingerprint density at radius 3 is 2.60 bits per heavy atom. The first-order valence-electron chi connectivity index (χ1n) is 4.86. The molecule has 1 N–H and O–H groups in total. The summed E-state index contributed by atoms with van der Waals surface area (Å²) >= 11 is 0. The second-order valence-electron chi connectivity index (χ2n) is 3.64. The van der Waals surface area contributed by atoms with Crippen LogP contribution < -0.4 is 0 Å². The molecule has 0 bridgehead atoms. The van der Waals surface area contributed by atoms with E-state index in [-0.39, 0.29) is 6.42 Å². The largest absolute Gasteiger partial charge is 0.469 e. The van der Waals surface area contributed by atoms with Crippen LogP contribution in [0.15, 0.2) is 18.2 Å². The third-order valence-electron chi connectivity index (χ3n) is 2.50. The number of hydrogen-bond acceptors (Lipinski definition) is 3. The van der Waals surface area contributed by atoms with Gasteiger partial charge in [0, 0.05) is 0 Å². The van der Waals surface area contributed by atoms with Gasteiger partial charge in [-0.25, -0.2) is 0 Å². The summed E-state index contributed by atoms with van der Waals surface area (Å²) in [7, 11) is 1.31. The van der Waals surface area contributed by atoms with E-state index in [2.05, 4.69) is 4.74 Å². The number of hydrogen-bond donors (Lipinski definition) is 1. The lowest BCUT2D eigenvalue weighted by molar-refractivity contribution is -0.142. The zero-order chi connectivity index (χ0) is 11.4. The van der Waals surface area contributed by atoms with Crippen molar-refractivity contribution in [3.63, 3.8) is 0 Å². The highest BCUT2D eigenvalue weighted by atomic mass is 16.5. The molecular formula is C12H16O3. The maximum atomic E-state index is 11.0. The molecule has 0 fully saturated rings. The lowest BCUT2D eigenvalue weighted by Crippen LogP contribution is -2.08. The average Bonchev–Trinajstić information content (AvgIpc) is 2.21. The van der Waals surface area contributed by atoms with Crippen LogP contribution in [-0.4, -0.2) is 18.2 Å². The fourth-order valence-electron chi connectivity index (χ4n) is 1.33. The average molecular weight is 208 g/mol. The monoisotopic (exact) mass is 208 g/mol. The van der Waals surface area contributed by atoms with Crippen molar-refractivity contribution in [2.45, 2.75) is 26.4 Å². The molecule has 3 heteroatoms. The van der Waals surface area contributed by atoms with E-state index in [1.807, 2.05) is 32.0 Å². The minimum absolute atomic E-state index is 0.000991. The zero-order valence-corrected chi connectivity index (χ0v) is 9.28. The first-order chi connectivity index (χ1) is 7.04. The normalized spacial score (nSPS) is 12.3. The van der Waals surface area contributed by atoms with Crippen molar-refractivity contribution in [3.8, 4) is 0 Å². The van der Waals surface area contributed by atoms with Gasteiger partial charge in [-0.15, -0.1) is 0 Å². The van der Waals surface area contributed by atoms with Crippen molar-refractivity contribution in [2.24, 2.45) is 0 Å². The van der Waals surface area contributed by atoms with Crippen LogP contribution in [-0.2, 0) is 9.53 Å². The molecule has 15 heavy (non-hydrogen) atoms. The Hall–Kier alpha value is -1.35. The Bertz CT molecular complexity index is 358. The van der Waals surface area contributed by atoms with Gasteiger partial charge < -0.3 is 9.84 Å². The van der Waals surface area contributed by atoms with E-state index < -0.39 is 12.1 Å². The smallest absolute Gasteiger partial charge is 0.308 e. The first-order valence-corrected chi connectivity index (χ1v) is 4.86. The minimum Gasteiger partial charge on any atom is -0.469 e. The molecule has 0 spiro atoms. The molecule has 3 nitrogen and oxygen atoms in total. The van der Waals surface area contributed by atoms with E-state index in [4.69, 9.17) is 0 Å². The number of rotatable bonds is 3. The number of benzene rings is 1. The minimum atomic E-state index is -0.781. The predicted octanol–water partition coefficient (Wildman–Crippen LogP) is 1.90. The van der Waals surface area contributed by atoms with E-state index in [9.17, 15) is 9.90 Å². The molecule has 0 aromatic heterocycles. The second kappa shape index (κ2) is 4.94. The molecule has 1 aromatic carbocycles. The lowest BCUT2D eigenvalue weighted by Gasteiger charge is -2.11. The standard InChI is InChI=1S/C12H16O3/c1-8-4-5-10(6-9(8)2)11(13)7-12(14)15-3/h4-6,11,13H,7H2,1-3H3. The fourth-order valence-corrected chi connectivity index (χ4v) is 1.33. The molecule has 0 saturated heterocycles. The highest BCUT2D eigenvalue weighted by molar-refractivity contribution is 5.70. The highest BCUT2D eigenvalue weighted by Gasteiger charge is 2.13. The number of ether oxygens (including phenoxy) is 1. The van der Waals surface area contributed by atoms with Crippen molar-refractivity contribution < 1.29 is 14.6 Å². The van der Waals surface area contributed by atoms with Crippen LogP contribution in [0, 0.1) is 13.8 Å². The van der Waals surface area contributed by atoms with E-state index in [0.29, 0.717) is 0 Å². The molecule has 0 aliphatic carbocycles. The summed E-state index contributed by atoms with van der Waals surface area (Å²) in [5, 5.41) is 9.74. The third kappa shape index (κ3) is 3.06. The van der Waals surface area contributed by atoms with Crippen molar-refractivity contribution in [1.82, 2.24) is 0 Å². The molecule has 0 amide bonds. The number of carbonyl (C=O) groups is 1. The number of esters is 1. The number of aryl methyl sites for hydroxylation is 2. The molecule has 0 radical (unpaired) electrons. The zero-order valence-electron chi connectivity index (χ0n) is 9.28. The lowest BCUT2D eigenvalue weighted by atomic mass is 10.0. The van der Waals surface area contributed by atoms with Gasteiger partial charge in [0.2, 0.25) is 0 Å². The summed E-state index contributed by atoms with van der Waals surface area (Å²) in [6.07, 6.45) is -0.782. The van der Waals surface area contributed by atoms with Gasteiger partial charge in [-0.3, -0.25) is 4.79 Å². The Labute approximate surface area is 89.7 Å². The number of methoxy groups -OCH3 is 1. The number of carbonyl (C=O) groups excluding carboxylic acids is 1. The van der Waals surface area contributed by atoms with Crippen LogP contribution in [0.1, 0.15) is 29.2 Å². The molecule has 1 atom stereocenters. The van der Waals surface area contributed by atoms with Crippen LogP contribution in [0.4, 0.5) is 0 Å². The highest BCUT2D eigenvalue weighted by Crippen LogP contribution is 2.19. The van der Waals surface area contributed by atoms with E-state index in [0.717, 1.165) is 11.1 Å². The Balaban J connectivity index is 2.78. The van der Waals surface area contributed by atoms with Crippen molar-refractivity contribution >= 4 is 5.97 Å². The van der Waals surface area contributed by atoms with E-state index >= 15 is 0 Å². The van der Waals surface area contributed by atoms with Gasteiger partial charge >= 0.3 is 5.97 Å². The summed E-state index contributed by atoms with van der Waals surface area (Å²) in [5.41, 5.74) is 3.03. The summed E-state index contributed by atoms with van der Waals surface area (Å²) in [5.74, 6) is -0.402. The van der Waals surface area contributed by atoms with Gasteiger partial charge in [0.1, 0.15) is 0 Å². The first kappa shape index (κ1) is 11.7. The van der Waals surface area contributed by atoms with Crippen LogP contribution in [0.5, 0.6) is 0 Å². The molecule has 82 valence electrons. The van der Waals surface area contributed by atoms with Gasteiger partial charge in [0.05, 0.1) is 19.6 Å². The third-order valence-corrected chi connectivity index (χ3v) is 2.50. The molecule has 0 aliphatic rings.